The minimum Gasteiger partial charge on any atom is -0.872 e. The van der Waals surface area contributed by atoms with Crippen molar-refractivity contribution in [2.75, 3.05) is 0 Å². The Hall–Kier alpha value is -4.99. The number of fused-ring (bicyclic) bond motifs is 2. The molecular weight excluding hydrogens is 432 g/mol. The molecule has 0 atom stereocenters. The summed E-state index contributed by atoms with van der Waals surface area (Å²) in [5.74, 6) is -2.83. The molecule has 0 aliphatic heterocycles. The number of nitro groups is 2. The minimum absolute atomic E-state index is 0.0542. The first-order chi connectivity index (χ1) is 15.7. The SMILES string of the molecule is O=C1C(=CC=CC=CC2=C([O-])c3cccc([N+](=O)[O-])c3C2=O)C(=O)c2c1cccc2[N+](=O)[O-]. The summed E-state index contributed by atoms with van der Waals surface area (Å²) in [7, 11) is 0. The van der Waals surface area contributed by atoms with E-state index in [0.29, 0.717) is 0 Å². The highest BCUT2D eigenvalue weighted by atomic mass is 16.6. The molecule has 162 valence electrons. The predicted octanol–water partition coefficient (Wildman–Crippen LogP) is 2.89. The van der Waals surface area contributed by atoms with Gasteiger partial charge in [-0.15, -0.1) is 0 Å². The lowest BCUT2D eigenvalue weighted by atomic mass is 10.1. The maximum Gasteiger partial charge on any atom is 0.281 e. The van der Waals surface area contributed by atoms with Crippen LogP contribution in [0.15, 0.2) is 77.9 Å². The third-order valence-electron chi connectivity index (χ3n) is 5.15. The van der Waals surface area contributed by atoms with Gasteiger partial charge in [0.1, 0.15) is 11.1 Å². The highest BCUT2D eigenvalue weighted by Crippen LogP contribution is 2.36. The fourth-order valence-corrected chi connectivity index (χ4v) is 3.68. The number of hydrogen-bond donors (Lipinski definition) is 0. The lowest BCUT2D eigenvalue weighted by Crippen LogP contribution is -2.02. The molecule has 2 aliphatic carbocycles. The summed E-state index contributed by atoms with van der Waals surface area (Å²) < 4.78 is 0. The van der Waals surface area contributed by atoms with Gasteiger partial charge in [-0.1, -0.05) is 48.3 Å². The maximum atomic E-state index is 12.5. The molecule has 0 saturated carbocycles. The van der Waals surface area contributed by atoms with Crippen molar-refractivity contribution < 1.29 is 29.3 Å². The van der Waals surface area contributed by atoms with Gasteiger partial charge in [0.2, 0.25) is 5.78 Å². The van der Waals surface area contributed by atoms with E-state index in [1.165, 1.54) is 54.6 Å². The minimum atomic E-state index is -0.769. The van der Waals surface area contributed by atoms with Crippen LogP contribution >= 0.6 is 0 Å². The molecule has 0 unspecified atom stereocenters. The molecular formula is C23H11N2O8-. The van der Waals surface area contributed by atoms with Crippen molar-refractivity contribution in [2.45, 2.75) is 0 Å². The molecule has 0 spiro atoms. The van der Waals surface area contributed by atoms with Gasteiger partial charge in [0.05, 0.1) is 15.4 Å². The van der Waals surface area contributed by atoms with Crippen LogP contribution in [0.3, 0.4) is 0 Å². The van der Waals surface area contributed by atoms with Crippen LogP contribution in [-0.2, 0) is 0 Å². The first-order valence-electron chi connectivity index (χ1n) is 9.39. The number of carbonyl (C=O) groups is 3. The van der Waals surface area contributed by atoms with Crippen molar-refractivity contribution in [3.8, 4) is 0 Å². The second-order valence-corrected chi connectivity index (χ2v) is 6.97. The lowest BCUT2D eigenvalue weighted by Gasteiger charge is -2.08. The smallest absolute Gasteiger partial charge is 0.281 e. The summed E-state index contributed by atoms with van der Waals surface area (Å²) in [5, 5.41) is 34.7. The lowest BCUT2D eigenvalue weighted by molar-refractivity contribution is -0.385. The van der Waals surface area contributed by atoms with Crippen molar-refractivity contribution in [1.29, 1.82) is 0 Å². The summed E-state index contributed by atoms with van der Waals surface area (Å²) in [6.45, 7) is 0. The molecule has 0 N–H and O–H groups in total. The second-order valence-electron chi connectivity index (χ2n) is 6.97. The predicted molar refractivity (Wildman–Crippen MR) is 112 cm³/mol. The third kappa shape index (κ3) is 3.35. The molecule has 10 heteroatoms. The summed E-state index contributed by atoms with van der Waals surface area (Å²) in [5.41, 5.74) is -2.06. The van der Waals surface area contributed by atoms with Crippen LogP contribution in [0.25, 0.3) is 5.76 Å². The summed E-state index contributed by atoms with van der Waals surface area (Å²) >= 11 is 0. The van der Waals surface area contributed by atoms with E-state index in [-0.39, 0.29) is 33.4 Å². The fraction of sp³-hybridized carbons (Fsp3) is 0. The number of hydrogen-bond acceptors (Lipinski definition) is 8. The quantitative estimate of drug-likeness (QED) is 0.224. The van der Waals surface area contributed by atoms with Gasteiger partial charge in [-0.2, -0.15) is 0 Å². The standard InChI is InChI=1S/C23H12N2O8/c26-20-12-8-4-10-16(24(30)31)18(12)22(28)14(20)6-2-1-3-7-15-21(27)13-9-5-11-17(25(32)33)19(13)23(15)29/h1-11,26H/p-1. The molecule has 0 fully saturated rings. The van der Waals surface area contributed by atoms with Gasteiger partial charge in [-0.25, -0.2) is 0 Å². The second kappa shape index (κ2) is 7.93. The Morgan fingerprint density at radius 3 is 1.88 bits per heavy atom. The van der Waals surface area contributed by atoms with Gasteiger partial charge in [-0.05, 0) is 17.7 Å². The van der Waals surface area contributed by atoms with E-state index in [4.69, 9.17) is 0 Å². The molecule has 33 heavy (non-hydrogen) atoms. The van der Waals surface area contributed by atoms with E-state index in [0.717, 1.165) is 12.1 Å². The van der Waals surface area contributed by atoms with Gasteiger partial charge < -0.3 is 5.11 Å². The third-order valence-corrected chi connectivity index (χ3v) is 5.15. The number of nitrogens with zero attached hydrogens (tertiary/aromatic N) is 2. The van der Waals surface area contributed by atoms with Crippen LogP contribution in [0.1, 0.15) is 36.6 Å². The topological polar surface area (TPSA) is 161 Å². The van der Waals surface area contributed by atoms with Crippen LogP contribution in [0.2, 0.25) is 0 Å². The number of rotatable bonds is 5. The molecule has 0 aromatic heterocycles. The molecule has 4 rings (SSSR count). The zero-order valence-corrected chi connectivity index (χ0v) is 16.5. The van der Waals surface area contributed by atoms with E-state index < -0.39 is 44.3 Å². The normalized spacial score (nSPS) is 16.4. The zero-order chi connectivity index (χ0) is 23.9. The molecule has 0 bridgehead atoms. The highest BCUT2D eigenvalue weighted by molar-refractivity contribution is 6.40. The van der Waals surface area contributed by atoms with Crippen LogP contribution < -0.4 is 5.11 Å². The molecule has 2 aromatic rings. The Bertz CT molecular complexity index is 1430. The van der Waals surface area contributed by atoms with Crippen LogP contribution in [-0.4, -0.2) is 27.2 Å². The van der Waals surface area contributed by atoms with Gasteiger partial charge in [0, 0.05) is 23.3 Å². The van der Waals surface area contributed by atoms with Crippen molar-refractivity contribution >= 4 is 34.5 Å². The van der Waals surface area contributed by atoms with E-state index in [2.05, 4.69) is 0 Å². The number of ketones is 3. The molecule has 2 aliphatic rings. The van der Waals surface area contributed by atoms with E-state index >= 15 is 0 Å². The van der Waals surface area contributed by atoms with Gasteiger partial charge >= 0.3 is 0 Å². The first-order valence-corrected chi connectivity index (χ1v) is 9.39. The Morgan fingerprint density at radius 1 is 0.697 bits per heavy atom. The number of Topliss-reactive ketones (excluding diaryl/α,β-unsaturated/α-hetero) is 3. The van der Waals surface area contributed by atoms with Crippen molar-refractivity contribution in [2.24, 2.45) is 0 Å². The van der Waals surface area contributed by atoms with Crippen LogP contribution in [0.5, 0.6) is 0 Å². The molecule has 0 radical (unpaired) electrons. The van der Waals surface area contributed by atoms with Gasteiger partial charge in [-0.3, -0.25) is 34.6 Å². The Kier molecular flexibility index (Phi) is 5.10. The molecule has 10 nitrogen and oxygen atoms in total. The average Bonchev–Trinajstić information content (AvgIpc) is 3.18. The first kappa shape index (κ1) is 21.2. The number of allylic oxidation sites excluding steroid dienone is 7. The zero-order valence-electron chi connectivity index (χ0n) is 16.5. The number of nitro benzene ring substituents is 2. The number of carbonyl (C=O) groups excluding carboxylic acids is 3. The van der Waals surface area contributed by atoms with E-state index in [1.54, 1.807) is 0 Å². The largest absolute Gasteiger partial charge is 0.872 e. The van der Waals surface area contributed by atoms with E-state index in [1.807, 2.05) is 0 Å². The van der Waals surface area contributed by atoms with Gasteiger partial charge in [0.25, 0.3) is 11.4 Å². The van der Waals surface area contributed by atoms with Gasteiger partial charge in [0.15, 0.2) is 11.6 Å². The fourth-order valence-electron chi connectivity index (χ4n) is 3.68. The van der Waals surface area contributed by atoms with Crippen molar-refractivity contribution in [3.05, 3.63) is 120 Å². The van der Waals surface area contributed by atoms with E-state index in [9.17, 15) is 39.7 Å². The molecule has 0 amide bonds. The Labute approximate surface area is 184 Å². The Morgan fingerprint density at radius 2 is 1.27 bits per heavy atom. The number of benzene rings is 2. The van der Waals surface area contributed by atoms with Crippen molar-refractivity contribution in [3.63, 3.8) is 0 Å². The van der Waals surface area contributed by atoms with Crippen LogP contribution in [0, 0.1) is 20.2 Å². The Balaban J connectivity index is 1.57. The average molecular weight is 443 g/mol. The summed E-state index contributed by atoms with van der Waals surface area (Å²) in [4.78, 5) is 58.3. The summed E-state index contributed by atoms with van der Waals surface area (Å²) in [6.07, 6.45) is 6.32. The molecule has 0 heterocycles. The monoisotopic (exact) mass is 443 g/mol. The molecule has 2 aromatic carbocycles. The van der Waals surface area contributed by atoms with Crippen molar-refractivity contribution in [1.82, 2.24) is 0 Å². The highest BCUT2D eigenvalue weighted by Gasteiger charge is 2.38. The van der Waals surface area contributed by atoms with Crippen LogP contribution in [0.4, 0.5) is 11.4 Å². The molecule has 0 saturated heterocycles. The maximum absolute atomic E-state index is 12.5. The summed E-state index contributed by atoms with van der Waals surface area (Å²) in [6, 6.07) is 7.58.